The minimum Gasteiger partial charge on any atom is -0.376 e. The highest BCUT2D eigenvalue weighted by Crippen LogP contribution is 2.12. The molecular weight excluding hydrogens is 224 g/mol. The lowest BCUT2D eigenvalue weighted by Gasteiger charge is -2.40. The summed E-state index contributed by atoms with van der Waals surface area (Å²) >= 11 is 0. The molecular formula is C15H30N2O. The molecule has 3 heteroatoms. The van der Waals surface area contributed by atoms with Gasteiger partial charge in [-0.2, -0.15) is 0 Å². The van der Waals surface area contributed by atoms with E-state index in [1.165, 1.54) is 25.8 Å². The van der Waals surface area contributed by atoms with Crippen molar-refractivity contribution in [2.45, 2.75) is 52.1 Å². The van der Waals surface area contributed by atoms with Gasteiger partial charge in [0.2, 0.25) is 0 Å². The van der Waals surface area contributed by atoms with Crippen LogP contribution >= 0.6 is 0 Å². The van der Waals surface area contributed by atoms with E-state index in [-0.39, 0.29) is 0 Å². The van der Waals surface area contributed by atoms with Crippen molar-refractivity contribution in [1.29, 1.82) is 0 Å². The third-order valence-electron chi connectivity index (χ3n) is 3.59. The van der Waals surface area contributed by atoms with Gasteiger partial charge < -0.3 is 10.1 Å². The fraction of sp³-hybridized carbons (Fsp3) is 0.867. The Bertz CT molecular complexity index is 243. The molecule has 1 aliphatic rings. The molecule has 1 N–H and O–H groups in total. The third kappa shape index (κ3) is 5.51. The van der Waals surface area contributed by atoms with Gasteiger partial charge in [-0.25, -0.2) is 0 Å². The van der Waals surface area contributed by atoms with Gasteiger partial charge in [0.25, 0.3) is 0 Å². The maximum atomic E-state index is 5.62. The lowest BCUT2D eigenvalue weighted by atomic mass is 10.0. The smallest absolute Gasteiger partial charge is 0.0672 e. The summed E-state index contributed by atoms with van der Waals surface area (Å²) in [5.74, 6) is 0. The molecule has 1 aliphatic heterocycles. The van der Waals surface area contributed by atoms with E-state index in [1.54, 1.807) is 0 Å². The van der Waals surface area contributed by atoms with Gasteiger partial charge in [-0.3, -0.25) is 4.90 Å². The van der Waals surface area contributed by atoms with Gasteiger partial charge in [-0.15, -0.1) is 0 Å². The Morgan fingerprint density at radius 3 is 2.83 bits per heavy atom. The Morgan fingerprint density at radius 1 is 1.44 bits per heavy atom. The molecule has 0 aromatic carbocycles. The molecule has 3 nitrogen and oxygen atoms in total. The average molecular weight is 254 g/mol. The first-order valence-corrected chi connectivity index (χ1v) is 7.36. The normalized spacial score (nSPS) is 25.3. The van der Waals surface area contributed by atoms with Crippen molar-refractivity contribution >= 4 is 0 Å². The molecule has 0 aromatic rings. The molecule has 106 valence electrons. The molecule has 1 rings (SSSR count). The second-order valence-electron chi connectivity index (χ2n) is 5.46. The second kappa shape index (κ2) is 8.68. The van der Waals surface area contributed by atoms with Crippen molar-refractivity contribution in [2.75, 3.05) is 32.8 Å². The Balaban J connectivity index is 2.30. The van der Waals surface area contributed by atoms with E-state index >= 15 is 0 Å². The molecule has 0 spiro atoms. The molecule has 0 amide bonds. The predicted octanol–water partition coefficient (Wildman–Crippen LogP) is 2.43. The fourth-order valence-corrected chi connectivity index (χ4v) is 2.57. The van der Waals surface area contributed by atoms with Crippen LogP contribution in [-0.4, -0.2) is 49.8 Å². The average Bonchev–Trinajstić information content (AvgIpc) is 2.35. The Labute approximate surface area is 113 Å². The van der Waals surface area contributed by atoms with Crippen LogP contribution in [0.4, 0.5) is 0 Å². The number of nitrogens with zero attached hydrogens (tertiary/aromatic N) is 1. The van der Waals surface area contributed by atoms with Crippen LogP contribution in [0.5, 0.6) is 0 Å². The van der Waals surface area contributed by atoms with Gasteiger partial charge in [0.1, 0.15) is 0 Å². The highest BCUT2D eigenvalue weighted by Gasteiger charge is 2.25. The summed E-state index contributed by atoms with van der Waals surface area (Å²) in [7, 11) is 0. The fourth-order valence-electron chi connectivity index (χ4n) is 2.57. The molecule has 2 atom stereocenters. The summed E-state index contributed by atoms with van der Waals surface area (Å²) in [6.07, 6.45) is 3.75. The van der Waals surface area contributed by atoms with E-state index in [2.05, 4.69) is 30.6 Å². The Hall–Kier alpha value is -0.380. The molecule has 1 saturated heterocycles. The standard InChI is InChI=1S/C15H30N2O/c1-5-7-14-11-17(15(6-2)10-16-14)8-9-18-12-13(3)4/h14-16H,3,5-12H2,1-2,4H3. The van der Waals surface area contributed by atoms with E-state index in [4.69, 9.17) is 4.74 Å². The first kappa shape index (κ1) is 15.7. The largest absolute Gasteiger partial charge is 0.376 e. The van der Waals surface area contributed by atoms with Crippen LogP contribution in [0.25, 0.3) is 0 Å². The monoisotopic (exact) mass is 254 g/mol. The number of hydrogen-bond donors (Lipinski definition) is 1. The van der Waals surface area contributed by atoms with Crippen LogP contribution in [0.2, 0.25) is 0 Å². The van der Waals surface area contributed by atoms with Crippen molar-refractivity contribution in [3.8, 4) is 0 Å². The van der Waals surface area contributed by atoms with Gasteiger partial charge >= 0.3 is 0 Å². The number of rotatable bonds is 8. The summed E-state index contributed by atoms with van der Waals surface area (Å²) in [6, 6.07) is 1.34. The maximum absolute atomic E-state index is 5.62. The molecule has 1 fully saturated rings. The van der Waals surface area contributed by atoms with E-state index in [9.17, 15) is 0 Å². The van der Waals surface area contributed by atoms with Crippen LogP contribution in [0.3, 0.4) is 0 Å². The molecule has 0 saturated carbocycles. The van der Waals surface area contributed by atoms with Crippen molar-refractivity contribution in [3.05, 3.63) is 12.2 Å². The highest BCUT2D eigenvalue weighted by molar-refractivity contribution is 4.88. The van der Waals surface area contributed by atoms with E-state index < -0.39 is 0 Å². The molecule has 18 heavy (non-hydrogen) atoms. The van der Waals surface area contributed by atoms with Gasteiger partial charge in [0.05, 0.1) is 13.2 Å². The van der Waals surface area contributed by atoms with Gasteiger partial charge in [-0.1, -0.05) is 32.4 Å². The van der Waals surface area contributed by atoms with Crippen molar-refractivity contribution in [1.82, 2.24) is 10.2 Å². The maximum Gasteiger partial charge on any atom is 0.0672 e. The Morgan fingerprint density at radius 2 is 2.22 bits per heavy atom. The highest BCUT2D eigenvalue weighted by atomic mass is 16.5. The summed E-state index contributed by atoms with van der Waals surface area (Å²) in [5.41, 5.74) is 1.10. The van der Waals surface area contributed by atoms with Gasteiger partial charge in [-0.05, 0) is 19.8 Å². The SMILES string of the molecule is C=C(C)COCCN1CC(CCC)NCC1CC. The lowest BCUT2D eigenvalue weighted by molar-refractivity contribution is 0.0707. The Kier molecular flexibility index (Phi) is 7.56. The zero-order valence-corrected chi connectivity index (χ0v) is 12.4. The molecule has 2 unspecified atom stereocenters. The van der Waals surface area contributed by atoms with Gasteiger partial charge in [0.15, 0.2) is 0 Å². The topological polar surface area (TPSA) is 24.5 Å². The van der Waals surface area contributed by atoms with E-state index in [0.717, 1.165) is 25.3 Å². The molecule has 0 aliphatic carbocycles. The van der Waals surface area contributed by atoms with Crippen LogP contribution in [0.1, 0.15) is 40.0 Å². The summed E-state index contributed by atoms with van der Waals surface area (Å²) in [5, 5.41) is 3.66. The van der Waals surface area contributed by atoms with Crippen molar-refractivity contribution < 1.29 is 4.74 Å². The minimum atomic E-state index is 0.666. The van der Waals surface area contributed by atoms with Crippen LogP contribution in [-0.2, 0) is 4.74 Å². The minimum absolute atomic E-state index is 0.666. The zero-order chi connectivity index (χ0) is 13.4. The number of ether oxygens (including phenoxy) is 1. The van der Waals surface area contributed by atoms with Crippen molar-refractivity contribution in [2.24, 2.45) is 0 Å². The zero-order valence-electron chi connectivity index (χ0n) is 12.4. The van der Waals surface area contributed by atoms with Crippen molar-refractivity contribution in [3.63, 3.8) is 0 Å². The summed E-state index contributed by atoms with van der Waals surface area (Å²) in [4.78, 5) is 2.59. The first-order chi connectivity index (χ1) is 8.67. The molecule has 0 radical (unpaired) electrons. The van der Waals surface area contributed by atoms with Crippen LogP contribution in [0, 0.1) is 0 Å². The van der Waals surface area contributed by atoms with E-state index in [1.807, 2.05) is 6.92 Å². The predicted molar refractivity (Wildman–Crippen MR) is 78.0 cm³/mol. The molecule has 0 aromatic heterocycles. The number of nitrogens with one attached hydrogen (secondary N) is 1. The van der Waals surface area contributed by atoms with Crippen LogP contribution < -0.4 is 5.32 Å². The van der Waals surface area contributed by atoms with Gasteiger partial charge in [0, 0.05) is 31.7 Å². The number of hydrogen-bond acceptors (Lipinski definition) is 3. The summed E-state index contributed by atoms with van der Waals surface area (Å²) in [6.45, 7) is 15.3. The second-order valence-corrected chi connectivity index (χ2v) is 5.46. The lowest BCUT2D eigenvalue weighted by Crippen LogP contribution is -2.56. The first-order valence-electron chi connectivity index (χ1n) is 7.36. The third-order valence-corrected chi connectivity index (χ3v) is 3.59. The van der Waals surface area contributed by atoms with E-state index in [0.29, 0.717) is 18.7 Å². The quantitative estimate of drug-likeness (QED) is 0.532. The number of piperazine rings is 1. The molecule has 0 bridgehead atoms. The summed E-state index contributed by atoms with van der Waals surface area (Å²) < 4.78 is 5.62. The van der Waals surface area contributed by atoms with Crippen LogP contribution in [0.15, 0.2) is 12.2 Å². The molecule has 1 heterocycles.